The van der Waals surface area contributed by atoms with Crippen molar-refractivity contribution in [1.29, 1.82) is 0 Å². The van der Waals surface area contributed by atoms with Crippen LogP contribution in [0, 0.1) is 23.4 Å². The van der Waals surface area contributed by atoms with Gasteiger partial charge in [-0.2, -0.15) is 0 Å². The van der Waals surface area contributed by atoms with E-state index >= 15 is 0 Å². The van der Waals surface area contributed by atoms with Gasteiger partial charge in [-0.25, -0.2) is 13.2 Å². The molecular weight excluding hydrogens is 283 g/mol. The van der Waals surface area contributed by atoms with Crippen molar-refractivity contribution in [3.8, 4) is 0 Å². The van der Waals surface area contributed by atoms with E-state index < -0.39 is 34.5 Å². The summed E-state index contributed by atoms with van der Waals surface area (Å²) in [6.45, 7) is 1.70. The van der Waals surface area contributed by atoms with E-state index in [0.29, 0.717) is 30.9 Å². The van der Waals surface area contributed by atoms with Crippen LogP contribution in [0.5, 0.6) is 0 Å². The molecule has 2 rings (SSSR count). The third-order valence-corrected chi connectivity index (χ3v) is 4.01. The molecule has 0 aromatic heterocycles. The van der Waals surface area contributed by atoms with Crippen LogP contribution in [0.4, 0.5) is 13.2 Å². The summed E-state index contributed by atoms with van der Waals surface area (Å²) >= 11 is 0. The monoisotopic (exact) mass is 301 g/mol. The van der Waals surface area contributed by atoms with Crippen LogP contribution in [-0.4, -0.2) is 23.2 Å². The quantitative estimate of drug-likeness (QED) is 0.902. The van der Waals surface area contributed by atoms with Gasteiger partial charge in [0, 0.05) is 12.1 Å². The highest BCUT2D eigenvalue weighted by atomic mass is 19.1. The van der Waals surface area contributed by atoms with Gasteiger partial charge in [0.05, 0.1) is 12.1 Å². The molecule has 1 aromatic rings. The van der Waals surface area contributed by atoms with Gasteiger partial charge < -0.3 is 10.4 Å². The van der Waals surface area contributed by atoms with Gasteiger partial charge in [-0.15, -0.1) is 0 Å². The molecule has 0 aliphatic heterocycles. The Bertz CT molecular complexity index is 527. The number of hydrogen-bond acceptors (Lipinski definition) is 2. The highest BCUT2D eigenvalue weighted by Gasteiger charge is 2.37. The summed E-state index contributed by atoms with van der Waals surface area (Å²) in [5.74, 6) is -4.24. The van der Waals surface area contributed by atoms with Crippen molar-refractivity contribution in [3.05, 3.63) is 35.1 Å². The van der Waals surface area contributed by atoms with Crippen LogP contribution < -0.4 is 5.32 Å². The third-order valence-electron chi connectivity index (χ3n) is 4.01. The minimum atomic E-state index is -1.25. The molecule has 0 saturated heterocycles. The predicted molar refractivity (Wildman–Crippen MR) is 71.2 cm³/mol. The van der Waals surface area contributed by atoms with Crippen molar-refractivity contribution in [1.82, 2.24) is 5.32 Å². The zero-order valence-corrected chi connectivity index (χ0v) is 11.8. The fourth-order valence-corrected chi connectivity index (χ4v) is 3.02. The molecule has 0 radical (unpaired) electrons. The standard InChI is InChI=1S/C15H18F3NO2/c1-9-3-2-4-15(7-9,8-20)19-14(21)13-11(17)5-10(16)6-12(13)18/h5-6,9,20H,2-4,7-8H2,1H3,(H,19,21). The lowest BCUT2D eigenvalue weighted by atomic mass is 9.76. The lowest BCUT2D eigenvalue weighted by Crippen LogP contribution is -2.54. The molecule has 2 unspecified atom stereocenters. The summed E-state index contributed by atoms with van der Waals surface area (Å²) in [5.41, 5.74) is -1.69. The van der Waals surface area contributed by atoms with Crippen molar-refractivity contribution >= 4 is 5.91 Å². The molecule has 1 fully saturated rings. The molecule has 3 nitrogen and oxygen atoms in total. The second-order valence-electron chi connectivity index (χ2n) is 5.84. The average molecular weight is 301 g/mol. The Hall–Kier alpha value is -1.56. The molecule has 21 heavy (non-hydrogen) atoms. The Labute approximate surface area is 121 Å². The van der Waals surface area contributed by atoms with E-state index in [1.54, 1.807) is 0 Å². The Balaban J connectivity index is 2.24. The molecule has 0 bridgehead atoms. The summed E-state index contributed by atoms with van der Waals surface area (Å²) in [6.07, 6.45) is 2.89. The molecule has 0 heterocycles. The zero-order chi connectivity index (χ0) is 15.6. The summed E-state index contributed by atoms with van der Waals surface area (Å²) in [5, 5.41) is 12.1. The van der Waals surface area contributed by atoms with Gasteiger partial charge in [0.15, 0.2) is 0 Å². The molecule has 0 spiro atoms. The van der Waals surface area contributed by atoms with E-state index in [2.05, 4.69) is 5.32 Å². The third kappa shape index (κ3) is 3.37. The number of halogens is 3. The molecule has 116 valence electrons. The van der Waals surface area contributed by atoms with Crippen molar-refractivity contribution in [3.63, 3.8) is 0 Å². The van der Waals surface area contributed by atoms with Gasteiger partial charge in [-0.3, -0.25) is 4.79 Å². The fourth-order valence-electron chi connectivity index (χ4n) is 3.02. The average Bonchev–Trinajstić information content (AvgIpc) is 2.37. The van der Waals surface area contributed by atoms with E-state index in [1.165, 1.54) is 0 Å². The number of benzene rings is 1. The van der Waals surface area contributed by atoms with E-state index in [0.717, 1.165) is 12.8 Å². The van der Waals surface area contributed by atoms with E-state index in [9.17, 15) is 23.1 Å². The molecule has 1 aliphatic rings. The minimum absolute atomic E-state index is 0.298. The second-order valence-corrected chi connectivity index (χ2v) is 5.84. The summed E-state index contributed by atoms with van der Waals surface area (Å²) in [6, 6.07) is 0.931. The Morgan fingerprint density at radius 3 is 2.52 bits per heavy atom. The highest BCUT2D eigenvalue weighted by Crippen LogP contribution is 2.32. The maximum atomic E-state index is 13.6. The first-order valence-electron chi connectivity index (χ1n) is 6.95. The fraction of sp³-hybridized carbons (Fsp3) is 0.533. The van der Waals surface area contributed by atoms with Crippen LogP contribution in [0.1, 0.15) is 43.0 Å². The number of nitrogens with one attached hydrogen (secondary N) is 1. The van der Waals surface area contributed by atoms with Gasteiger partial charge in [0.2, 0.25) is 0 Å². The van der Waals surface area contributed by atoms with Crippen LogP contribution in [0.3, 0.4) is 0 Å². The first-order chi connectivity index (χ1) is 9.87. The first-order valence-corrected chi connectivity index (χ1v) is 6.95. The Morgan fingerprint density at radius 1 is 1.38 bits per heavy atom. The molecule has 1 aliphatic carbocycles. The summed E-state index contributed by atoms with van der Waals surface area (Å²) in [7, 11) is 0. The van der Waals surface area contributed by atoms with Gasteiger partial charge in [-0.1, -0.05) is 19.8 Å². The van der Waals surface area contributed by atoms with Crippen molar-refractivity contribution in [2.45, 2.75) is 38.1 Å². The number of aliphatic hydroxyl groups is 1. The normalized spacial score (nSPS) is 25.7. The van der Waals surface area contributed by atoms with Gasteiger partial charge in [0.1, 0.15) is 23.0 Å². The summed E-state index contributed by atoms with van der Waals surface area (Å²) in [4.78, 5) is 12.1. The van der Waals surface area contributed by atoms with Crippen LogP contribution in [0.15, 0.2) is 12.1 Å². The van der Waals surface area contributed by atoms with Crippen molar-refractivity contribution < 1.29 is 23.1 Å². The van der Waals surface area contributed by atoms with Crippen molar-refractivity contribution in [2.75, 3.05) is 6.61 Å². The van der Waals surface area contributed by atoms with Crippen LogP contribution in [-0.2, 0) is 0 Å². The number of carbonyl (C=O) groups is 1. The number of hydrogen-bond donors (Lipinski definition) is 2. The number of rotatable bonds is 3. The highest BCUT2D eigenvalue weighted by molar-refractivity contribution is 5.95. The number of amides is 1. The van der Waals surface area contributed by atoms with Gasteiger partial charge in [-0.05, 0) is 18.8 Å². The Morgan fingerprint density at radius 2 is 2.00 bits per heavy atom. The van der Waals surface area contributed by atoms with E-state index in [1.807, 2.05) is 6.92 Å². The van der Waals surface area contributed by atoms with Crippen molar-refractivity contribution in [2.24, 2.45) is 5.92 Å². The number of carbonyl (C=O) groups excluding carboxylic acids is 1. The van der Waals surface area contributed by atoms with E-state index in [4.69, 9.17) is 0 Å². The minimum Gasteiger partial charge on any atom is -0.394 e. The van der Waals surface area contributed by atoms with Crippen LogP contribution >= 0.6 is 0 Å². The Kier molecular flexibility index (Phi) is 4.56. The summed E-state index contributed by atoms with van der Waals surface area (Å²) < 4.78 is 40.1. The second kappa shape index (κ2) is 6.05. The van der Waals surface area contributed by atoms with Crippen LogP contribution in [0.2, 0.25) is 0 Å². The van der Waals surface area contributed by atoms with E-state index in [-0.39, 0.29) is 6.61 Å². The smallest absolute Gasteiger partial charge is 0.257 e. The van der Waals surface area contributed by atoms with Crippen LogP contribution in [0.25, 0.3) is 0 Å². The van der Waals surface area contributed by atoms with Gasteiger partial charge >= 0.3 is 0 Å². The molecule has 1 saturated carbocycles. The molecule has 2 atom stereocenters. The maximum Gasteiger partial charge on any atom is 0.257 e. The lowest BCUT2D eigenvalue weighted by molar-refractivity contribution is 0.0690. The zero-order valence-electron chi connectivity index (χ0n) is 11.8. The molecule has 1 aromatic carbocycles. The molecule has 6 heteroatoms. The topological polar surface area (TPSA) is 49.3 Å². The number of aliphatic hydroxyl groups excluding tert-OH is 1. The maximum absolute atomic E-state index is 13.6. The predicted octanol–water partition coefficient (Wildman–Crippen LogP) is 2.77. The molecular formula is C15H18F3NO2. The molecule has 1 amide bonds. The molecule has 2 N–H and O–H groups in total. The SMILES string of the molecule is CC1CCCC(CO)(NC(=O)c2c(F)cc(F)cc2F)C1. The lowest BCUT2D eigenvalue weighted by Gasteiger charge is -2.39. The first kappa shape index (κ1) is 15.8. The largest absolute Gasteiger partial charge is 0.394 e. The van der Waals surface area contributed by atoms with Gasteiger partial charge in [0.25, 0.3) is 5.91 Å².